The topological polar surface area (TPSA) is 41.5 Å². The van der Waals surface area contributed by atoms with Crippen LogP contribution in [0.5, 0.6) is 0 Å². The van der Waals surface area contributed by atoms with Crippen molar-refractivity contribution in [3.8, 4) is 0 Å². The molecule has 1 N–H and O–H groups in total. The number of nitrogens with zero attached hydrogens (tertiary/aromatic N) is 1. The number of carbonyl (C=O) groups excluding carboxylic acids is 1. The monoisotopic (exact) mass is 380 g/mol. The molecule has 2 aliphatic carbocycles. The number of hydrogen-bond donors (Lipinski definition) is 1. The van der Waals surface area contributed by atoms with Gasteiger partial charge in [-0.2, -0.15) is 5.10 Å². The minimum atomic E-state index is -0.252. The van der Waals surface area contributed by atoms with E-state index in [2.05, 4.69) is 10.5 Å². The van der Waals surface area contributed by atoms with Crippen molar-refractivity contribution >= 4 is 23.2 Å². The van der Waals surface area contributed by atoms with Gasteiger partial charge in [0.15, 0.2) is 0 Å². The van der Waals surface area contributed by atoms with E-state index in [0.717, 1.165) is 11.6 Å². The fraction of sp³-hybridized carbons (Fsp3) is 0.0526. The Balaban J connectivity index is 0.000000412. The van der Waals surface area contributed by atoms with E-state index >= 15 is 0 Å². The summed E-state index contributed by atoms with van der Waals surface area (Å²) >= 11 is 5.75. The zero-order valence-electron chi connectivity index (χ0n) is 13.1. The molecule has 0 bridgehead atoms. The molecular formula is C19H17ClFeN2O+2. The van der Waals surface area contributed by atoms with Crippen molar-refractivity contribution in [2.75, 3.05) is 0 Å². The number of nitrogens with one attached hydrogen (secondary N) is 1. The van der Waals surface area contributed by atoms with Crippen LogP contribution in [0.25, 0.3) is 0 Å². The summed E-state index contributed by atoms with van der Waals surface area (Å²) in [6.45, 7) is 1.84. The normalized spacial score (nSPS) is 17.7. The number of carbonyl (C=O) groups is 1. The molecule has 5 heteroatoms. The van der Waals surface area contributed by atoms with Crippen LogP contribution in [0.15, 0.2) is 29.4 Å². The van der Waals surface area contributed by atoms with Gasteiger partial charge in [-0.05, 0) is 89.0 Å². The van der Waals surface area contributed by atoms with E-state index in [9.17, 15) is 4.79 Å². The van der Waals surface area contributed by atoms with Crippen molar-refractivity contribution < 1.29 is 21.9 Å². The first kappa shape index (κ1) is 21.2. The van der Waals surface area contributed by atoms with Crippen molar-refractivity contribution in [2.24, 2.45) is 5.10 Å². The van der Waals surface area contributed by atoms with Gasteiger partial charge in [-0.15, -0.1) is 0 Å². The average Bonchev–Trinajstić information content (AvgIpc) is 3.28. The van der Waals surface area contributed by atoms with Crippen LogP contribution < -0.4 is 5.43 Å². The van der Waals surface area contributed by atoms with Crippen LogP contribution >= 0.6 is 11.6 Å². The van der Waals surface area contributed by atoms with Crippen molar-refractivity contribution in [1.82, 2.24) is 5.43 Å². The number of rotatable bonds is 3. The van der Waals surface area contributed by atoms with E-state index < -0.39 is 0 Å². The van der Waals surface area contributed by atoms with Gasteiger partial charge < -0.3 is 0 Å². The van der Waals surface area contributed by atoms with Crippen LogP contribution in [0.4, 0.5) is 0 Å². The molecule has 2 aliphatic rings. The van der Waals surface area contributed by atoms with Gasteiger partial charge in [0.1, 0.15) is 0 Å². The van der Waals surface area contributed by atoms with E-state index in [1.54, 1.807) is 24.3 Å². The SMILES string of the molecule is C/C(=N/NC(=O)c1ccc(Cl)cc1)[C]1[CH][CH][CH][CH]1.[CH]1[CH][CH][CH][CH]1.[Fe+2]. The summed E-state index contributed by atoms with van der Waals surface area (Å²) in [5, 5.41) is 4.65. The summed E-state index contributed by atoms with van der Waals surface area (Å²) < 4.78 is 0. The van der Waals surface area contributed by atoms with Gasteiger partial charge in [0.25, 0.3) is 5.91 Å². The third-order valence-corrected chi connectivity index (χ3v) is 3.32. The van der Waals surface area contributed by atoms with E-state index in [1.165, 1.54) is 0 Å². The summed E-state index contributed by atoms with van der Waals surface area (Å²) in [5.41, 5.74) is 3.80. The molecular weight excluding hydrogens is 364 g/mol. The molecule has 2 fully saturated rings. The van der Waals surface area contributed by atoms with Gasteiger partial charge in [-0.25, -0.2) is 5.43 Å². The number of hydrazone groups is 1. The fourth-order valence-corrected chi connectivity index (χ4v) is 1.93. The largest absolute Gasteiger partial charge is 2.00 e. The molecule has 0 aliphatic heterocycles. The van der Waals surface area contributed by atoms with E-state index in [0.29, 0.717) is 10.6 Å². The predicted molar refractivity (Wildman–Crippen MR) is 94.0 cm³/mol. The fourth-order valence-electron chi connectivity index (χ4n) is 1.80. The van der Waals surface area contributed by atoms with Crippen molar-refractivity contribution in [2.45, 2.75) is 6.92 Å². The van der Waals surface area contributed by atoms with Crippen LogP contribution in [-0.4, -0.2) is 11.6 Å². The zero-order valence-corrected chi connectivity index (χ0v) is 15.0. The molecule has 2 saturated carbocycles. The number of amides is 1. The number of benzene rings is 1. The molecule has 0 saturated heterocycles. The van der Waals surface area contributed by atoms with Gasteiger partial charge in [0.05, 0.1) is 0 Å². The second-order valence-electron chi connectivity index (χ2n) is 4.78. The number of halogens is 1. The molecule has 0 atom stereocenters. The first-order valence-electron chi connectivity index (χ1n) is 7.16. The van der Waals surface area contributed by atoms with Gasteiger partial charge in [0.2, 0.25) is 0 Å². The maximum Gasteiger partial charge on any atom is 2.00 e. The molecule has 24 heavy (non-hydrogen) atoms. The Labute approximate surface area is 161 Å². The van der Waals surface area contributed by atoms with Crippen molar-refractivity contribution in [3.05, 3.63) is 98.6 Å². The van der Waals surface area contributed by atoms with Gasteiger partial charge in [-0.3, -0.25) is 4.79 Å². The Morgan fingerprint density at radius 1 is 0.917 bits per heavy atom. The van der Waals surface area contributed by atoms with Gasteiger partial charge in [0, 0.05) is 22.2 Å². The van der Waals surface area contributed by atoms with E-state index in [-0.39, 0.29) is 23.0 Å². The Morgan fingerprint density at radius 3 is 1.92 bits per heavy atom. The summed E-state index contributed by atoms with van der Waals surface area (Å²) in [6.07, 6.45) is 17.7. The predicted octanol–water partition coefficient (Wildman–Crippen LogP) is 3.87. The van der Waals surface area contributed by atoms with Crippen LogP contribution in [0.2, 0.25) is 5.02 Å². The second-order valence-corrected chi connectivity index (χ2v) is 5.22. The molecule has 1 amide bonds. The van der Waals surface area contributed by atoms with Crippen LogP contribution in [0, 0.1) is 63.7 Å². The van der Waals surface area contributed by atoms with Crippen LogP contribution in [-0.2, 0) is 17.1 Å². The molecule has 3 rings (SSSR count). The van der Waals surface area contributed by atoms with E-state index in [4.69, 9.17) is 11.6 Å². The van der Waals surface area contributed by atoms with E-state index in [1.807, 2.05) is 64.7 Å². The van der Waals surface area contributed by atoms with Gasteiger partial charge in [-0.1, -0.05) is 11.6 Å². The summed E-state index contributed by atoms with van der Waals surface area (Å²) in [4.78, 5) is 11.8. The van der Waals surface area contributed by atoms with Crippen molar-refractivity contribution in [3.63, 3.8) is 0 Å². The maximum absolute atomic E-state index is 11.8. The Morgan fingerprint density at radius 2 is 1.42 bits per heavy atom. The molecule has 1 aromatic rings. The molecule has 1 aromatic carbocycles. The summed E-state index contributed by atoms with van der Waals surface area (Å²) in [7, 11) is 0. The average molecular weight is 381 g/mol. The molecule has 3 nitrogen and oxygen atoms in total. The Kier molecular flexibility index (Phi) is 10.3. The zero-order chi connectivity index (χ0) is 16.5. The Bertz CT molecular complexity index is 513. The molecule has 0 unspecified atom stereocenters. The summed E-state index contributed by atoms with van der Waals surface area (Å²) in [6, 6.07) is 6.66. The minimum Gasteiger partial charge on any atom is -0.267 e. The molecule has 10 radical (unpaired) electrons. The minimum absolute atomic E-state index is 0. The smallest absolute Gasteiger partial charge is 0.267 e. The maximum atomic E-state index is 11.8. The first-order valence-corrected chi connectivity index (χ1v) is 7.53. The molecule has 0 spiro atoms. The first-order chi connectivity index (χ1) is 11.2. The molecule has 0 aromatic heterocycles. The van der Waals surface area contributed by atoms with Crippen LogP contribution in [0.3, 0.4) is 0 Å². The third-order valence-electron chi connectivity index (χ3n) is 3.07. The third kappa shape index (κ3) is 7.38. The van der Waals surface area contributed by atoms with Gasteiger partial charge >= 0.3 is 17.1 Å². The number of hydrogen-bond acceptors (Lipinski definition) is 2. The summed E-state index contributed by atoms with van der Waals surface area (Å²) in [5.74, 6) is 0.740. The second kappa shape index (κ2) is 11.7. The quantitative estimate of drug-likeness (QED) is 0.483. The van der Waals surface area contributed by atoms with Crippen LogP contribution in [0.1, 0.15) is 17.3 Å². The Hall–Kier alpha value is -0.831. The standard InChI is InChI=1S/C14H12ClN2O.C5H5.Fe/c1-10(11-4-2-3-5-11)16-17-14(18)12-6-8-13(15)9-7-12;1-2-4-5-3-1;/h2-9H,1H3,(H,17,18);1-5H;/q;;+2/b16-10-;;. The molecule has 0 heterocycles. The van der Waals surface area contributed by atoms with Crippen molar-refractivity contribution in [1.29, 1.82) is 0 Å². The molecule has 122 valence electrons.